The van der Waals surface area contributed by atoms with Crippen LogP contribution in [-0.4, -0.2) is 29.6 Å². The third-order valence-corrected chi connectivity index (χ3v) is 3.26. The van der Waals surface area contributed by atoms with Crippen molar-refractivity contribution in [3.05, 3.63) is 0 Å². The van der Waals surface area contributed by atoms with E-state index in [1.807, 2.05) is 6.92 Å². The van der Waals surface area contributed by atoms with Crippen LogP contribution >= 0.6 is 0 Å². The minimum Gasteiger partial charge on any atom is -0.390 e. The average Bonchev–Trinajstić information content (AvgIpc) is 2.66. The number of aliphatic hydroxyl groups is 1. The van der Waals surface area contributed by atoms with E-state index in [0.717, 1.165) is 0 Å². The fourth-order valence-corrected chi connectivity index (χ4v) is 2.21. The van der Waals surface area contributed by atoms with Crippen LogP contribution in [0.1, 0.15) is 26.2 Å². The molecule has 0 saturated heterocycles. The molecule has 0 aromatic rings. The summed E-state index contributed by atoms with van der Waals surface area (Å²) in [5.41, 5.74) is 0.834. The second-order valence-electron chi connectivity index (χ2n) is 4.18. The third-order valence-electron chi connectivity index (χ3n) is 3.26. The molecule has 0 aromatic carbocycles. The van der Waals surface area contributed by atoms with Gasteiger partial charge in [-0.1, -0.05) is 6.92 Å². The van der Waals surface area contributed by atoms with Gasteiger partial charge in [-0.2, -0.15) is 0 Å². The number of hydrogen-bond acceptors (Lipinski definition) is 3. The number of rotatable bonds is 3. The number of carbonyl (C=O) groups is 2. The molecule has 3 atom stereocenters. The Balaban J connectivity index is 2.87. The van der Waals surface area contributed by atoms with Gasteiger partial charge in [0.05, 0.1) is 17.4 Å². The van der Waals surface area contributed by atoms with Crippen LogP contribution < -0.4 is 11.0 Å². The summed E-state index contributed by atoms with van der Waals surface area (Å²) in [6.07, 6.45) is 1.02. The van der Waals surface area contributed by atoms with Gasteiger partial charge in [0.1, 0.15) is 0 Å². The highest BCUT2D eigenvalue weighted by Gasteiger charge is 2.48. The Morgan fingerprint density at radius 2 is 2.20 bits per heavy atom. The van der Waals surface area contributed by atoms with Gasteiger partial charge in [0.2, 0.25) is 11.8 Å². The number of hydrogen-bond donors (Lipinski definition) is 3. The van der Waals surface area contributed by atoms with E-state index >= 15 is 0 Å². The van der Waals surface area contributed by atoms with Gasteiger partial charge < -0.3 is 16.2 Å². The Hall–Kier alpha value is -1.10. The largest absolute Gasteiger partial charge is 0.390 e. The molecule has 0 heterocycles. The van der Waals surface area contributed by atoms with Gasteiger partial charge in [0.15, 0.2) is 1.41 Å². The van der Waals surface area contributed by atoms with Crippen LogP contribution in [-0.2, 0) is 9.59 Å². The van der Waals surface area contributed by atoms with Crippen molar-refractivity contribution in [1.29, 1.82) is 0 Å². The summed E-state index contributed by atoms with van der Waals surface area (Å²) < 4.78 is 6.84. The molecule has 5 nitrogen and oxygen atoms in total. The van der Waals surface area contributed by atoms with Gasteiger partial charge in [-0.3, -0.25) is 9.59 Å². The molecule has 1 rings (SSSR count). The normalized spacial score (nSPS) is 35.8. The Morgan fingerprint density at radius 1 is 1.60 bits per heavy atom. The van der Waals surface area contributed by atoms with Crippen LogP contribution in [0.15, 0.2) is 0 Å². The summed E-state index contributed by atoms with van der Waals surface area (Å²) in [7, 11) is 1.50. The first-order valence-electron chi connectivity index (χ1n) is 5.63. The zero-order valence-corrected chi connectivity index (χ0v) is 9.04. The third kappa shape index (κ3) is 2.28. The maximum Gasteiger partial charge on any atom is 0.223 e. The van der Waals surface area contributed by atoms with Gasteiger partial charge in [-0.05, 0) is 19.3 Å². The van der Waals surface area contributed by atoms with E-state index in [1.165, 1.54) is 7.05 Å². The number of amides is 2. The molecule has 0 aromatic heterocycles. The van der Waals surface area contributed by atoms with E-state index in [0.29, 0.717) is 6.42 Å². The number of nitrogens with one attached hydrogen (secondary N) is 1. The van der Waals surface area contributed by atoms with E-state index in [1.54, 1.807) is 5.73 Å². The summed E-state index contributed by atoms with van der Waals surface area (Å²) in [6.45, 7) is 1.82. The maximum absolute atomic E-state index is 11.6. The topological polar surface area (TPSA) is 92.4 Å². The smallest absolute Gasteiger partial charge is 0.223 e. The van der Waals surface area contributed by atoms with Crippen LogP contribution in [0.25, 0.3) is 0 Å². The molecule has 4 N–H and O–H groups in total. The second-order valence-corrected chi connectivity index (χ2v) is 4.18. The zero-order chi connectivity index (χ0) is 12.3. The average molecular weight is 215 g/mol. The molecular formula is C10H18N2O3. The van der Waals surface area contributed by atoms with Crippen molar-refractivity contribution in [2.24, 2.45) is 17.6 Å². The van der Waals surface area contributed by atoms with Gasteiger partial charge >= 0.3 is 0 Å². The molecule has 1 unspecified atom stereocenters. The van der Waals surface area contributed by atoms with Crippen molar-refractivity contribution in [2.45, 2.75) is 31.8 Å². The van der Waals surface area contributed by atoms with Crippen molar-refractivity contribution >= 4 is 11.8 Å². The van der Waals surface area contributed by atoms with E-state index in [4.69, 9.17) is 1.41 Å². The predicted octanol–water partition coefficient (Wildman–Crippen LogP) is -0.615. The number of carbonyl (C=O) groups excluding carboxylic acids is 2. The molecule has 1 saturated carbocycles. The first kappa shape index (κ1) is 10.4. The Labute approximate surface area is 90.5 Å². The van der Waals surface area contributed by atoms with Gasteiger partial charge in [0.25, 0.3) is 0 Å². The molecule has 1 aliphatic carbocycles. The lowest BCUT2D eigenvalue weighted by atomic mass is 9.95. The molecule has 2 amide bonds. The molecule has 1 fully saturated rings. The first-order valence-corrected chi connectivity index (χ1v) is 5.13. The predicted molar refractivity (Wildman–Crippen MR) is 54.7 cm³/mol. The minimum absolute atomic E-state index is 0.242. The molecule has 0 aliphatic heterocycles. The molecular weight excluding hydrogens is 196 g/mol. The highest BCUT2D eigenvalue weighted by molar-refractivity contribution is 5.87. The summed E-state index contributed by atoms with van der Waals surface area (Å²) in [4.78, 5) is 23.0. The van der Waals surface area contributed by atoms with Crippen LogP contribution in [0.3, 0.4) is 0 Å². The zero-order valence-electron chi connectivity index (χ0n) is 10.0. The molecule has 0 radical (unpaired) electrons. The quantitative estimate of drug-likeness (QED) is 0.586. The lowest BCUT2D eigenvalue weighted by Crippen LogP contribution is -2.35. The Bertz CT molecular complexity index is 272. The number of primary amides is 1. The van der Waals surface area contributed by atoms with Crippen LogP contribution in [0.4, 0.5) is 0 Å². The standard InChI is InChI=1S/C10H18N2O3/c1-3-10(15)4-6(8(11)13)7(5-10)9(14)12-2/h6-7,15H,3-5H2,1-2H3,(H2,11,13)(H,12,14)/t6-,7-,10?/m0/s1/i/hD. The van der Waals surface area contributed by atoms with Crippen molar-refractivity contribution in [3.8, 4) is 0 Å². The fourth-order valence-electron chi connectivity index (χ4n) is 2.21. The van der Waals surface area contributed by atoms with Crippen molar-refractivity contribution in [3.63, 3.8) is 0 Å². The van der Waals surface area contributed by atoms with Crippen LogP contribution in [0.2, 0.25) is 1.41 Å². The van der Waals surface area contributed by atoms with Crippen LogP contribution in [0.5, 0.6) is 0 Å². The highest BCUT2D eigenvalue weighted by Crippen LogP contribution is 2.41. The Kier molecular flexibility index (Phi) is 2.90. The van der Waals surface area contributed by atoms with E-state index < -0.39 is 23.3 Å². The van der Waals surface area contributed by atoms with Crippen molar-refractivity contribution in [1.82, 2.24) is 5.32 Å². The summed E-state index contributed by atoms with van der Waals surface area (Å²) in [6, 6.07) is 0. The lowest BCUT2D eigenvalue weighted by Gasteiger charge is -2.19. The molecule has 86 valence electrons. The van der Waals surface area contributed by atoms with E-state index in [-0.39, 0.29) is 18.7 Å². The van der Waals surface area contributed by atoms with Crippen LogP contribution in [0, 0.1) is 11.8 Å². The van der Waals surface area contributed by atoms with Gasteiger partial charge in [-0.25, -0.2) is 0 Å². The fraction of sp³-hybridized carbons (Fsp3) is 0.800. The summed E-state index contributed by atoms with van der Waals surface area (Å²) in [5.74, 6) is -1.90. The van der Waals surface area contributed by atoms with E-state index in [2.05, 4.69) is 5.32 Å². The lowest BCUT2D eigenvalue weighted by molar-refractivity contribution is -0.131. The van der Waals surface area contributed by atoms with Gasteiger partial charge in [-0.15, -0.1) is 0 Å². The minimum atomic E-state index is -0.964. The second kappa shape index (κ2) is 4.18. The van der Waals surface area contributed by atoms with Crippen molar-refractivity contribution in [2.75, 3.05) is 7.05 Å². The molecule has 5 heteroatoms. The molecule has 0 bridgehead atoms. The molecule has 1 aliphatic rings. The molecule has 15 heavy (non-hydrogen) atoms. The summed E-state index contributed by atoms with van der Waals surface area (Å²) in [5, 5.41) is 12.6. The Morgan fingerprint density at radius 3 is 2.67 bits per heavy atom. The monoisotopic (exact) mass is 215 g/mol. The summed E-state index contributed by atoms with van der Waals surface area (Å²) >= 11 is 0. The van der Waals surface area contributed by atoms with Gasteiger partial charge in [0, 0.05) is 7.05 Å². The molecule has 0 spiro atoms. The maximum atomic E-state index is 11.6. The number of nitrogens with two attached hydrogens (primary N) is 1. The first-order chi connectivity index (χ1) is 7.47. The van der Waals surface area contributed by atoms with Crippen molar-refractivity contribution < 1.29 is 16.1 Å². The SMILES string of the molecule is [2H]NC(=O)[C@H]1CC(O)(CC)C[C@@H]1C(=O)NC. The highest BCUT2D eigenvalue weighted by atomic mass is 16.3. The van der Waals surface area contributed by atoms with E-state index in [9.17, 15) is 14.7 Å².